The zero-order valence-electron chi connectivity index (χ0n) is 13.0. The fraction of sp³-hybridized carbons (Fsp3) is 0.412. The highest BCUT2D eigenvalue weighted by atomic mass is 19.1. The average Bonchev–Trinajstić information content (AvgIpc) is 2.55. The highest BCUT2D eigenvalue weighted by Gasteiger charge is 2.20. The molecule has 1 aliphatic rings. The molecule has 1 heterocycles. The van der Waals surface area contributed by atoms with Gasteiger partial charge in [-0.05, 0) is 43.0 Å². The molecule has 1 fully saturated rings. The number of hydrogen-bond donors (Lipinski definition) is 2. The van der Waals surface area contributed by atoms with Crippen molar-refractivity contribution in [3.8, 4) is 0 Å². The first-order valence-electron chi connectivity index (χ1n) is 7.76. The van der Waals surface area contributed by atoms with E-state index >= 15 is 0 Å². The van der Waals surface area contributed by atoms with Crippen LogP contribution >= 0.6 is 0 Å². The molecule has 0 aliphatic carbocycles. The zero-order chi connectivity index (χ0) is 16.7. The number of hydrogen-bond acceptors (Lipinski definition) is 3. The number of nitrogens with two attached hydrogens (primary N) is 1. The van der Waals surface area contributed by atoms with Crippen LogP contribution in [-0.2, 0) is 9.59 Å². The first-order chi connectivity index (χ1) is 11.0. The summed E-state index contributed by atoms with van der Waals surface area (Å²) >= 11 is 0. The van der Waals surface area contributed by atoms with Gasteiger partial charge in [-0.25, -0.2) is 4.39 Å². The minimum Gasteiger partial charge on any atom is -0.361 e. The fourth-order valence-corrected chi connectivity index (χ4v) is 2.72. The highest BCUT2D eigenvalue weighted by Crippen LogP contribution is 2.15. The largest absolute Gasteiger partial charge is 0.361 e. The van der Waals surface area contributed by atoms with Crippen LogP contribution in [0.5, 0.6) is 0 Å². The van der Waals surface area contributed by atoms with E-state index in [0.29, 0.717) is 12.5 Å². The van der Waals surface area contributed by atoms with Gasteiger partial charge in [0.15, 0.2) is 0 Å². The summed E-state index contributed by atoms with van der Waals surface area (Å²) in [6.07, 6.45) is 6.11. The summed E-state index contributed by atoms with van der Waals surface area (Å²) in [7, 11) is 0. The van der Waals surface area contributed by atoms with Crippen molar-refractivity contribution < 1.29 is 14.0 Å². The van der Waals surface area contributed by atoms with Gasteiger partial charge in [0.1, 0.15) is 5.82 Å². The van der Waals surface area contributed by atoms with E-state index in [1.807, 2.05) is 6.08 Å². The quantitative estimate of drug-likeness (QED) is 0.800. The van der Waals surface area contributed by atoms with Gasteiger partial charge in [0.25, 0.3) is 0 Å². The van der Waals surface area contributed by atoms with Crippen LogP contribution in [0, 0.1) is 11.7 Å². The van der Waals surface area contributed by atoms with Gasteiger partial charge < -0.3 is 11.1 Å². The first-order valence-corrected chi connectivity index (χ1v) is 7.76. The maximum atomic E-state index is 12.8. The molecule has 6 heteroatoms. The topological polar surface area (TPSA) is 75.4 Å². The lowest BCUT2D eigenvalue weighted by molar-refractivity contribution is -0.137. The van der Waals surface area contributed by atoms with Gasteiger partial charge in [-0.15, -0.1) is 0 Å². The normalized spacial score (nSPS) is 18.9. The number of primary amides is 1. The van der Waals surface area contributed by atoms with E-state index in [1.165, 1.54) is 12.1 Å². The summed E-state index contributed by atoms with van der Waals surface area (Å²) in [6, 6.07) is 6.37. The second-order valence-corrected chi connectivity index (χ2v) is 5.80. The van der Waals surface area contributed by atoms with E-state index in [9.17, 15) is 14.0 Å². The van der Waals surface area contributed by atoms with E-state index in [2.05, 4.69) is 16.3 Å². The smallest absolute Gasteiger partial charge is 0.309 e. The number of rotatable bonds is 5. The van der Waals surface area contributed by atoms with Crippen LogP contribution in [0.4, 0.5) is 4.39 Å². The van der Waals surface area contributed by atoms with Gasteiger partial charge in [0.2, 0.25) is 0 Å². The molecule has 0 saturated carbocycles. The van der Waals surface area contributed by atoms with Crippen LogP contribution in [0.15, 0.2) is 30.3 Å². The molecule has 23 heavy (non-hydrogen) atoms. The summed E-state index contributed by atoms with van der Waals surface area (Å²) < 4.78 is 12.8. The molecular weight excluding hydrogens is 297 g/mol. The third-order valence-electron chi connectivity index (χ3n) is 3.92. The Labute approximate surface area is 135 Å². The van der Waals surface area contributed by atoms with Gasteiger partial charge >= 0.3 is 11.8 Å². The van der Waals surface area contributed by atoms with E-state index in [4.69, 9.17) is 5.73 Å². The maximum absolute atomic E-state index is 12.8. The van der Waals surface area contributed by atoms with E-state index in [1.54, 1.807) is 12.1 Å². The van der Waals surface area contributed by atoms with Gasteiger partial charge in [-0.1, -0.05) is 24.3 Å². The van der Waals surface area contributed by atoms with Crippen LogP contribution < -0.4 is 11.1 Å². The summed E-state index contributed by atoms with van der Waals surface area (Å²) in [5.74, 6) is -1.58. The number of benzene rings is 1. The van der Waals surface area contributed by atoms with Gasteiger partial charge in [-0.2, -0.15) is 0 Å². The van der Waals surface area contributed by atoms with Gasteiger partial charge in [-0.3, -0.25) is 14.5 Å². The standard InChI is InChI=1S/C17H22FN3O2/c18-15-7-5-13(6-8-15)3-1-9-21-10-2-4-14(12-21)11-20-17(23)16(19)22/h1,3,5-8,14H,2,4,9-12H2,(H2,19,22)(H,20,23)/b3-1+/t14-/m0/s1. The molecule has 1 atom stereocenters. The Morgan fingerprint density at radius 3 is 2.78 bits per heavy atom. The first kappa shape index (κ1) is 17.1. The monoisotopic (exact) mass is 319 g/mol. The average molecular weight is 319 g/mol. The Balaban J connectivity index is 1.76. The van der Waals surface area contributed by atoms with Crippen molar-refractivity contribution in [1.82, 2.24) is 10.2 Å². The Hall–Kier alpha value is -2.21. The summed E-state index contributed by atoms with van der Waals surface area (Å²) in [6.45, 7) is 3.15. The van der Waals surface area contributed by atoms with Crippen LogP contribution in [0.25, 0.3) is 6.08 Å². The van der Waals surface area contributed by atoms with Crippen LogP contribution in [0.2, 0.25) is 0 Å². The third-order valence-corrected chi connectivity index (χ3v) is 3.92. The molecule has 1 aliphatic heterocycles. The molecule has 0 spiro atoms. The van der Waals surface area contributed by atoms with Crippen LogP contribution in [-0.4, -0.2) is 42.9 Å². The van der Waals surface area contributed by atoms with Crippen molar-refractivity contribution >= 4 is 17.9 Å². The lowest BCUT2D eigenvalue weighted by atomic mass is 9.98. The molecule has 1 aromatic rings. The Morgan fingerprint density at radius 2 is 2.09 bits per heavy atom. The van der Waals surface area contributed by atoms with Crippen molar-refractivity contribution in [2.45, 2.75) is 12.8 Å². The summed E-state index contributed by atoms with van der Waals surface area (Å²) in [4.78, 5) is 24.2. The highest BCUT2D eigenvalue weighted by molar-refractivity contribution is 6.34. The molecule has 0 radical (unpaired) electrons. The molecule has 0 bridgehead atoms. The molecule has 0 unspecified atom stereocenters. The third kappa shape index (κ3) is 5.83. The number of piperidine rings is 1. The number of amides is 2. The maximum Gasteiger partial charge on any atom is 0.309 e. The SMILES string of the molecule is NC(=O)C(=O)NC[C@@H]1CCCN(C/C=C/c2ccc(F)cc2)C1. The van der Waals surface area contributed by atoms with Crippen LogP contribution in [0.3, 0.4) is 0 Å². The summed E-state index contributed by atoms with van der Waals surface area (Å²) in [5, 5.41) is 2.57. The van der Waals surface area contributed by atoms with Crippen molar-refractivity contribution in [2.75, 3.05) is 26.2 Å². The molecule has 2 rings (SSSR count). The van der Waals surface area contributed by atoms with Crippen molar-refractivity contribution in [2.24, 2.45) is 11.7 Å². The molecule has 2 amide bonds. The number of carbonyl (C=O) groups excluding carboxylic acids is 2. The van der Waals surface area contributed by atoms with E-state index < -0.39 is 11.8 Å². The van der Waals surface area contributed by atoms with Crippen molar-refractivity contribution in [1.29, 1.82) is 0 Å². The fourth-order valence-electron chi connectivity index (χ4n) is 2.72. The minimum atomic E-state index is -0.945. The molecule has 3 N–H and O–H groups in total. The Morgan fingerprint density at radius 1 is 1.35 bits per heavy atom. The number of halogens is 1. The predicted octanol–water partition coefficient (Wildman–Crippen LogP) is 1.15. The molecular formula is C17H22FN3O2. The van der Waals surface area contributed by atoms with Crippen molar-refractivity contribution in [3.05, 3.63) is 41.7 Å². The zero-order valence-corrected chi connectivity index (χ0v) is 13.0. The van der Waals surface area contributed by atoms with Gasteiger partial charge in [0.05, 0.1) is 0 Å². The number of likely N-dealkylation sites (tertiary alicyclic amines) is 1. The van der Waals surface area contributed by atoms with Gasteiger partial charge in [0, 0.05) is 19.6 Å². The predicted molar refractivity (Wildman–Crippen MR) is 86.8 cm³/mol. The Kier molecular flexibility index (Phi) is 6.29. The molecule has 124 valence electrons. The summed E-state index contributed by atoms with van der Waals surface area (Å²) in [5.41, 5.74) is 5.88. The minimum absolute atomic E-state index is 0.237. The number of nitrogens with one attached hydrogen (secondary N) is 1. The Bertz CT molecular complexity index is 572. The second kappa shape index (κ2) is 8.43. The molecule has 5 nitrogen and oxygen atoms in total. The van der Waals surface area contributed by atoms with E-state index in [-0.39, 0.29) is 5.82 Å². The molecule has 0 aromatic heterocycles. The number of nitrogens with zero attached hydrogens (tertiary/aromatic N) is 1. The lowest BCUT2D eigenvalue weighted by Gasteiger charge is -2.31. The van der Waals surface area contributed by atoms with Crippen LogP contribution in [0.1, 0.15) is 18.4 Å². The number of carbonyl (C=O) groups is 2. The molecule has 1 saturated heterocycles. The second-order valence-electron chi connectivity index (χ2n) is 5.80. The lowest BCUT2D eigenvalue weighted by Crippen LogP contribution is -2.43. The molecule has 1 aromatic carbocycles. The van der Waals surface area contributed by atoms with E-state index in [0.717, 1.165) is 38.0 Å². The van der Waals surface area contributed by atoms with Crippen molar-refractivity contribution in [3.63, 3.8) is 0 Å².